The highest BCUT2D eigenvalue weighted by Crippen LogP contribution is 2.42. The summed E-state index contributed by atoms with van der Waals surface area (Å²) in [4.78, 5) is 4.65. The number of benzene rings is 1. The molecule has 0 spiro atoms. The Hall–Kier alpha value is -1.97. The van der Waals surface area contributed by atoms with Gasteiger partial charge in [0, 0.05) is 24.6 Å². The Morgan fingerprint density at radius 1 is 1.10 bits per heavy atom. The SMILES string of the molecule is CCNC(=NCc1ccon1)NCC1(c2ccc(OC)c(OC)c2)CCCCC1.I. The molecule has 1 heterocycles. The van der Waals surface area contributed by atoms with Gasteiger partial charge in [0.05, 0.1) is 20.8 Å². The number of guanidine groups is 1. The minimum absolute atomic E-state index is 0. The molecule has 2 aromatic rings. The molecule has 0 bridgehead atoms. The fraction of sp³-hybridized carbons (Fsp3) is 0.545. The van der Waals surface area contributed by atoms with Crippen molar-refractivity contribution in [3.8, 4) is 11.5 Å². The summed E-state index contributed by atoms with van der Waals surface area (Å²) in [6.45, 7) is 4.16. The van der Waals surface area contributed by atoms with Gasteiger partial charge in [-0.15, -0.1) is 24.0 Å². The molecule has 1 aromatic heterocycles. The minimum Gasteiger partial charge on any atom is -0.493 e. The number of nitrogens with zero attached hydrogens (tertiary/aromatic N) is 2. The molecule has 0 aliphatic heterocycles. The van der Waals surface area contributed by atoms with Crippen molar-refractivity contribution in [2.75, 3.05) is 27.3 Å². The first-order valence-corrected chi connectivity index (χ1v) is 10.3. The molecule has 1 aliphatic rings. The van der Waals surface area contributed by atoms with Crippen LogP contribution in [0.5, 0.6) is 11.5 Å². The molecular formula is C22H33IN4O3. The first kappa shape index (κ1) is 24.3. The summed E-state index contributed by atoms with van der Waals surface area (Å²) >= 11 is 0. The Labute approximate surface area is 196 Å². The van der Waals surface area contributed by atoms with Crippen LogP contribution in [0.3, 0.4) is 0 Å². The van der Waals surface area contributed by atoms with E-state index < -0.39 is 0 Å². The maximum atomic E-state index is 5.56. The summed E-state index contributed by atoms with van der Waals surface area (Å²) in [5, 5.41) is 10.8. The molecule has 0 unspecified atom stereocenters. The summed E-state index contributed by atoms with van der Waals surface area (Å²) < 4.78 is 15.9. The molecule has 0 atom stereocenters. The van der Waals surface area contributed by atoms with Crippen molar-refractivity contribution in [1.29, 1.82) is 0 Å². The third-order valence-corrected chi connectivity index (χ3v) is 5.64. The molecule has 2 N–H and O–H groups in total. The van der Waals surface area contributed by atoms with Crippen LogP contribution in [0, 0.1) is 0 Å². The lowest BCUT2D eigenvalue weighted by atomic mass is 9.69. The van der Waals surface area contributed by atoms with Gasteiger partial charge in [-0.3, -0.25) is 0 Å². The summed E-state index contributed by atoms with van der Waals surface area (Å²) in [5.41, 5.74) is 2.14. The van der Waals surface area contributed by atoms with Crippen LogP contribution in [-0.2, 0) is 12.0 Å². The Kier molecular flexibility index (Phi) is 9.74. The van der Waals surface area contributed by atoms with Crippen LogP contribution < -0.4 is 20.1 Å². The average Bonchev–Trinajstić information content (AvgIpc) is 3.29. The Bertz CT molecular complexity index is 790. The van der Waals surface area contributed by atoms with Crippen molar-refractivity contribution in [2.24, 2.45) is 4.99 Å². The van der Waals surface area contributed by atoms with Gasteiger partial charge >= 0.3 is 0 Å². The van der Waals surface area contributed by atoms with E-state index in [1.807, 2.05) is 12.1 Å². The molecule has 0 radical (unpaired) electrons. The number of hydrogen-bond acceptors (Lipinski definition) is 5. The van der Waals surface area contributed by atoms with E-state index in [4.69, 9.17) is 14.0 Å². The number of aliphatic imine (C=N–C) groups is 1. The highest BCUT2D eigenvalue weighted by atomic mass is 127. The van der Waals surface area contributed by atoms with Gasteiger partial charge in [-0.1, -0.05) is 30.5 Å². The van der Waals surface area contributed by atoms with E-state index in [0.29, 0.717) is 6.54 Å². The van der Waals surface area contributed by atoms with Crippen molar-refractivity contribution in [3.05, 3.63) is 41.8 Å². The molecule has 1 fully saturated rings. The van der Waals surface area contributed by atoms with Gasteiger partial charge < -0.3 is 24.6 Å². The minimum atomic E-state index is 0. The molecule has 7 nitrogen and oxygen atoms in total. The standard InChI is InChI=1S/C22H32N4O3.HI/c1-4-23-21(24-15-18-10-13-29-26-18)25-16-22(11-6-5-7-12-22)17-8-9-19(27-2)20(14-17)28-3;/h8-10,13-14H,4-7,11-12,15-16H2,1-3H3,(H2,23,24,25);1H. The molecule has 0 amide bonds. The molecular weight excluding hydrogens is 495 g/mol. The molecule has 30 heavy (non-hydrogen) atoms. The van der Waals surface area contributed by atoms with Crippen molar-refractivity contribution in [1.82, 2.24) is 15.8 Å². The monoisotopic (exact) mass is 528 g/mol. The summed E-state index contributed by atoms with van der Waals surface area (Å²) in [5.74, 6) is 2.33. The van der Waals surface area contributed by atoms with Crippen LogP contribution >= 0.6 is 24.0 Å². The van der Waals surface area contributed by atoms with Crippen molar-refractivity contribution in [2.45, 2.75) is 51.0 Å². The van der Waals surface area contributed by atoms with E-state index in [1.165, 1.54) is 24.8 Å². The fourth-order valence-corrected chi connectivity index (χ4v) is 4.04. The average molecular weight is 528 g/mol. The number of rotatable bonds is 8. The highest BCUT2D eigenvalue weighted by molar-refractivity contribution is 14.0. The van der Waals surface area contributed by atoms with Crippen molar-refractivity contribution in [3.63, 3.8) is 0 Å². The van der Waals surface area contributed by atoms with Crippen LogP contribution in [0.25, 0.3) is 0 Å². The van der Waals surface area contributed by atoms with Gasteiger partial charge in [-0.05, 0) is 37.5 Å². The summed E-state index contributed by atoms with van der Waals surface area (Å²) in [6.07, 6.45) is 7.58. The summed E-state index contributed by atoms with van der Waals surface area (Å²) in [7, 11) is 3.36. The second-order valence-electron chi connectivity index (χ2n) is 7.45. The zero-order valence-corrected chi connectivity index (χ0v) is 20.4. The van der Waals surface area contributed by atoms with E-state index in [0.717, 1.165) is 49.1 Å². The van der Waals surface area contributed by atoms with Crippen LogP contribution in [0.2, 0.25) is 0 Å². The maximum absolute atomic E-state index is 5.56. The first-order chi connectivity index (χ1) is 14.2. The van der Waals surface area contributed by atoms with Gasteiger partial charge in [0.1, 0.15) is 12.0 Å². The van der Waals surface area contributed by atoms with Crippen molar-refractivity contribution >= 4 is 29.9 Å². The van der Waals surface area contributed by atoms with Crippen LogP contribution in [0.15, 0.2) is 40.0 Å². The van der Waals surface area contributed by atoms with Gasteiger partial charge in [0.25, 0.3) is 0 Å². The molecule has 166 valence electrons. The first-order valence-electron chi connectivity index (χ1n) is 10.3. The lowest BCUT2D eigenvalue weighted by Gasteiger charge is -2.38. The number of hydrogen-bond donors (Lipinski definition) is 2. The highest BCUT2D eigenvalue weighted by Gasteiger charge is 2.34. The van der Waals surface area contributed by atoms with Gasteiger partial charge in [0.15, 0.2) is 17.5 Å². The molecule has 3 rings (SSSR count). The number of ether oxygens (including phenoxy) is 2. The zero-order chi connectivity index (χ0) is 20.5. The lowest BCUT2D eigenvalue weighted by Crippen LogP contribution is -2.46. The van der Waals surface area contributed by atoms with Crippen LogP contribution in [-0.4, -0.2) is 38.4 Å². The van der Waals surface area contributed by atoms with Crippen LogP contribution in [0.1, 0.15) is 50.3 Å². The smallest absolute Gasteiger partial charge is 0.191 e. The fourth-order valence-electron chi connectivity index (χ4n) is 4.04. The largest absolute Gasteiger partial charge is 0.493 e. The molecule has 8 heteroatoms. The van der Waals surface area contributed by atoms with Crippen molar-refractivity contribution < 1.29 is 14.0 Å². The summed E-state index contributed by atoms with van der Waals surface area (Å²) in [6, 6.07) is 8.15. The van der Waals surface area contributed by atoms with E-state index in [-0.39, 0.29) is 29.4 Å². The third kappa shape index (κ3) is 6.02. The molecule has 1 aromatic carbocycles. The van der Waals surface area contributed by atoms with Gasteiger partial charge in [-0.2, -0.15) is 0 Å². The number of nitrogens with one attached hydrogen (secondary N) is 2. The maximum Gasteiger partial charge on any atom is 0.191 e. The number of aromatic nitrogens is 1. The number of halogens is 1. The van der Waals surface area contributed by atoms with Gasteiger partial charge in [-0.25, -0.2) is 4.99 Å². The van der Waals surface area contributed by atoms with E-state index in [1.54, 1.807) is 20.5 Å². The second kappa shape index (κ2) is 12.0. The Balaban J connectivity index is 0.00000320. The molecule has 0 saturated heterocycles. The van der Waals surface area contributed by atoms with E-state index in [9.17, 15) is 0 Å². The second-order valence-corrected chi connectivity index (χ2v) is 7.45. The zero-order valence-electron chi connectivity index (χ0n) is 18.1. The van der Waals surface area contributed by atoms with Crippen LogP contribution in [0.4, 0.5) is 0 Å². The van der Waals surface area contributed by atoms with Gasteiger partial charge in [0.2, 0.25) is 0 Å². The Morgan fingerprint density at radius 3 is 2.50 bits per heavy atom. The lowest BCUT2D eigenvalue weighted by molar-refractivity contribution is 0.288. The normalized spacial score (nSPS) is 15.8. The van der Waals surface area contributed by atoms with E-state index >= 15 is 0 Å². The molecule has 1 saturated carbocycles. The third-order valence-electron chi connectivity index (χ3n) is 5.64. The topological polar surface area (TPSA) is 80.9 Å². The predicted octanol–water partition coefficient (Wildman–Crippen LogP) is 4.27. The molecule has 1 aliphatic carbocycles. The number of methoxy groups -OCH3 is 2. The predicted molar refractivity (Wildman–Crippen MR) is 129 cm³/mol. The quantitative estimate of drug-likeness (QED) is 0.303. The Morgan fingerprint density at radius 2 is 1.87 bits per heavy atom. The van der Waals surface area contributed by atoms with E-state index in [2.05, 4.69) is 39.8 Å².